The molecule has 0 aliphatic heterocycles. The van der Waals surface area contributed by atoms with Crippen molar-refractivity contribution in [2.24, 2.45) is 5.10 Å². The number of nitrogens with zero attached hydrogens (tertiary/aromatic N) is 1. The van der Waals surface area contributed by atoms with Crippen LogP contribution in [0.1, 0.15) is 34.2 Å². The smallest absolute Gasteiger partial charge is 0.271 e. The maximum Gasteiger partial charge on any atom is 0.271 e. The lowest BCUT2D eigenvalue weighted by molar-refractivity contribution is 0.0954. The van der Waals surface area contributed by atoms with Crippen LogP contribution in [0.4, 0.5) is 0 Å². The Kier molecular flexibility index (Phi) is 6.03. The number of carbonyl (C=O) groups is 1. The van der Waals surface area contributed by atoms with E-state index in [2.05, 4.69) is 31.4 Å². The lowest BCUT2D eigenvalue weighted by atomic mass is 10.2. The van der Waals surface area contributed by atoms with E-state index in [0.717, 1.165) is 17.0 Å². The number of aromatic amines is 1. The number of aryl methyl sites for hydroxylation is 2. The Hall–Kier alpha value is -2.28. The van der Waals surface area contributed by atoms with Gasteiger partial charge >= 0.3 is 0 Å². The molecule has 1 aromatic carbocycles. The van der Waals surface area contributed by atoms with Gasteiger partial charge in [-0.05, 0) is 54.9 Å². The van der Waals surface area contributed by atoms with Crippen molar-refractivity contribution < 1.29 is 14.3 Å². The van der Waals surface area contributed by atoms with Crippen molar-refractivity contribution in [3.05, 3.63) is 45.2 Å². The molecule has 0 fully saturated rings. The number of halogens is 1. The first kappa shape index (κ1) is 18.1. The SMILES string of the molecule is CCOc1c(Br)cc(C(=O)N/N=C/c2cc(C)[nH]c2C)cc1OC. The minimum absolute atomic E-state index is 0.335. The molecule has 1 heterocycles. The molecule has 2 N–H and O–H groups in total. The fourth-order valence-corrected chi connectivity index (χ4v) is 2.80. The van der Waals surface area contributed by atoms with Crippen molar-refractivity contribution in [3.8, 4) is 11.5 Å². The van der Waals surface area contributed by atoms with Crippen LogP contribution < -0.4 is 14.9 Å². The number of nitrogens with one attached hydrogen (secondary N) is 2. The van der Waals surface area contributed by atoms with Crippen LogP contribution in [0.3, 0.4) is 0 Å². The Bertz CT molecular complexity index is 769. The van der Waals surface area contributed by atoms with Gasteiger partial charge in [0.1, 0.15) is 0 Å². The van der Waals surface area contributed by atoms with Gasteiger partial charge in [0.2, 0.25) is 0 Å². The average molecular weight is 394 g/mol. The molecule has 2 rings (SSSR count). The molecular formula is C17H20BrN3O3. The zero-order chi connectivity index (χ0) is 17.7. The number of rotatable bonds is 6. The van der Waals surface area contributed by atoms with Gasteiger partial charge in [-0.25, -0.2) is 5.43 Å². The second kappa shape index (κ2) is 8.01. The first-order valence-corrected chi connectivity index (χ1v) is 8.25. The van der Waals surface area contributed by atoms with E-state index in [1.807, 2.05) is 26.8 Å². The van der Waals surface area contributed by atoms with Crippen molar-refractivity contribution in [2.45, 2.75) is 20.8 Å². The quantitative estimate of drug-likeness (QED) is 0.581. The molecule has 0 saturated carbocycles. The van der Waals surface area contributed by atoms with Gasteiger partial charge in [0.25, 0.3) is 5.91 Å². The van der Waals surface area contributed by atoms with Crippen LogP contribution >= 0.6 is 15.9 Å². The molecule has 0 unspecified atom stereocenters. The minimum atomic E-state index is -0.335. The van der Waals surface area contributed by atoms with Crippen molar-refractivity contribution in [3.63, 3.8) is 0 Å². The highest BCUT2D eigenvalue weighted by Gasteiger charge is 2.15. The fourth-order valence-electron chi connectivity index (χ4n) is 2.24. The summed E-state index contributed by atoms with van der Waals surface area (Å²) in [5, 5.41) is 4.00. The Morgan fingerprint density at radius 2 is 2.12 bits per heavy atom. The van der Waals surface area contributed by atoms with Gasteiger partial charge in [0.15, 0.2) is 11.5 Å². The molecule has 1 aromatic heterocycles. The summed E-state index contributed by atoms with van der Waals surface area (Å²) in [7, 11) is 1.53. The van der Waals surface area contributed by atoms with Crippen molar-refractivity contribution in [1.82, 2.24) is 10.4 Å². The van der Waals surface area contributed by atoms with Crippen LogP contribution in [0.5, 0.6) is 11.5 Å². The maximum atomic E-state index is 12.3. The van der Waals surface area contributed by atoms with Crippen LogP contribution in [0.25, 0.3) is 0 Å². The molecule has 1 amide bonds. The summed E-state index contributed by atoms with van der Waals surface area (Å²) < 4.78 is 11.4. The van der Waals surface area contributed by atoms with Crippen molar-refractivity contribution >= 4 is 28.1 Å². The first-order chi connectivity index (χ1) is 11.5. The Balaban J connectivity index is 2.15. The highest BCUT2D eigenvalue weighted by molar-refractivity contribution is 9.10. The Morgan fingerprint density at radius 3 is 2.71 bits per heavy atom. The molecule has 24 heavy (non-hydrogen) atoms. The molecule has 0 spiro atoms. The summed E-state index contributed by atoms with van der Waals surface area (Å²) in [6, 6.07) is 5.25. The van der Waals surface area contributed by atoms with Crippen LogP contribution in [0.2, 0.25) is 0 Å². The summed E-state index contributed by atoms with van der Waals surface area (Å²) in [6.07, 6.45) is 1.61. The molecule has 7 heteroatoms. The standard InChI is InChI=1S/C17H20BrN3O3/c1-5-24-16-14(18)7-12(8-15(16)23-4)17(22)21-19-9-13-6-10(2)20-11(13)3/h6-9,20H,5H2,1-4H3,(H,21,22)/b19-9+. The molecule has 0 aliphatic carbocycles. The Morgan fingerprint density at radius 1 is 1.38 bits per heavy atom. The summed E-state index contributed by atoms with van der Waals surface area (Å²) in [6.45, 7) is 6.30. The van der Waals surface area contributed by atoms with Crippen LogP contribution in [0.15, 0.2) is 27.8 Å². The predicted octanol–water partition coefficient (Wildman–Crippen LogP) is 3.57. The number of H-pyrrole nitrogens is 1. The van der Waals surface area contributed by atoms with E-state index in [0.29, 0.717) is 28.1 Å². The molecule has 128 valence electrons. The van der Waals surface area contributed by atoms with Gasteiger partial charge in [-0.15, -0.1) is 0 Å². The molecule has 2 aromatic rings. The molecule has 6 nitrogen and oxygen atoms in total. The van der Waals surface area contributed by atoms with Gasteiger partial charge in [0.05, 0.1) is 24.4 Å². The van der Waals surface area contributed by atoms with E-state index in [1.165, 1.54) is 7.11 Å². The normalized spacial score (nSPS) is 10.9. The number of carbonyl (C=O) groups excluding carboxylic acids is 1. The number of methoxy groups -OCH3 is 1. The first-order valence-electron chi connectivity index (χ1n) is 7.46. The summed E-state index contributed by atoms with van der Waals surface area (Å²) in [4.78, 5) is 15.4. The average Bonchev–Trinajstić information content (AvgIpc) is 2.86. The maximum absolute atomic E-state index is 12.3. The lowest BCUT2D eigenvalue weighted by Crippen LogP contribution is -2.18. The number of aromatic nitrogens is 1. The van der Waals surface area contributed by atoms with Gasteiger partial charge in [-0.1, -0.05) is 0 Å². The van der Waals surface area contributed by atoms with Crippen LogP contribution in [-0.2, 0) is 0 Å². The summed E-state index contributed by atoms with van der Waals surface area (Å²) >= 11 is 3.40. The van der Waals surface area contributed by atoms with E-state index in [-0.39, 0.29) is 5.91 Å². The van der Waals surface area contributed by atoms with E-state index in [4.69, 9.17) is 9.47 Å². The summed E-state index contributed by atoms with van der Waals surface area (Å²) in [5.74, 6) is 0.717. The van der Waals surface area contributed by atoms with E-state index in [1.54, 1.807) is 18.3 Å². The molecule has 0 bridgehead atoms. The molecule has 0 saturated heterocycles. The van der Waals surface area contributed by atoms with Crippen LogP contribution in [-0.4, -0.2) is 30.8 Å². The largest absolute Gasteiger partial charge is 0.493 e. The van der Waals surface area contributed by atoms with Crippen molar-refractivity contribution in [1.29, 1.82) is 0 Å². The molecule has 0 atom stereocenters. The van der Waals surface area contributed by atoms with Gasteiger partial charge in [-0.2, -0.15) is 5.10 Å². The number of ether oxygens (including phenoxy) is 2. The van der Waals surface area contributed by atoms with Crippen LogP contribution in [0, 0.1) is 13.8 Å². The number of benzene rings is 1. The number of hydrogen-bond acceptors (Lipinski definition) is 4. The zero-order valence-corrected chi connectivity index (χ0v) is 15.7. The van der Waals surface area contributed by atoms with Gasteiger partial charge < -0.3 is 14.5 Å². The van der Waals surface area contributed by atoms with E-state index in [9.17, 15) is 4.79 Å². The monoisotopic (exact) mass is 393 g/mol. The summed E-state index contributed by atoms with van der Waals surface area (Å²) in [5.41, 5.74) is 5.90. The third-order valence-corrected chi connectivity index (χ3v) is 3.93. The van der Waals surface area contributed by atoms with E-state index >= 15 is 0 Å². The topological polar surface area (TPSA) is 75.7 Å². The highest BCUT2D eigenvalue weighted by atomic mass is 79.9. The lowest BCUT2D eigenvalue weighted by Gasteiger charge is -2.12. The number of amides is 1. The minimum Gasteiger partial charge on any atom is -0.493 e. The number of hydrogen-bond donors (Lipinski definition) is 2. The second-order valence-electron chi connectivity index (χ2n) is 5.15. The van der Waals surface area contributed by atoms with Gasteiger partial charge in [0, 0.05) is 22.5 Å². The molecular weight excluding hydrogens is 374 g/mol. The third kappa shape index (κ3) is 4.17. The molecule has 0 radical (unpaired) electrons. The number of hydrazone groups is 1. The second-order valence-corrected chi connectivity index (χ2v) is 6.01. The third-order valence-electron chi connectivity index (χ3n) is 3.34. The Labute approximate surface area is 149 Å². The molecule has 0 aliphatic rings. The van der Waals surface area contributed by atoms with Crippen molar-refractivity contribution in [2.75, 3.05) is 13.7 Å². The van der Waals surface area contributed by atoms with Gasteiger partial charge in [-0.3, -0.25) is 4.79 Å². The predicted molar refractivity (Wildman–Crippen MR) is 97.2 cm³/mol. The highest BCUT2D eigenvalue weighted by Crippen LogP contribution is 2.36. The fraction of sp³-hybridized carbons (Fsp3) is 0.294. The zero-order valence-electron chi connectivity index (χ0n) is 14.1. The van der Waals surface area contributed by atoms with E-state index < -0.39 is 0 Å².